The zero-order valence-electron chi connectivity index (χ0n) is 15.9. The number of ether oxygens (including phenoxy) is 4. The Kier molecular flexibility index (Phi) is 6.05. The maximum Gasteiger partial charge on any atom is 0.227 e. The van der Waals surface area contributed by atoms with E-state index in [9.17, 15) is 9.59 Å². The number of nitrogens with one attached hydrogen (secondary N) is 1. The van der Waals surface area contributed by atoms with Crippen molar-refractivity contribution in [2.45, 2.75) is 25.4 Å². The highest BCUT2D eigenvalue weighted by atomic mass is 16.5. The van der Waals surface area contributed by atoms with Crippen molar-refractivity contribution in [3.8, 4) is 17.2 Å². The molecule has 8 heteroatoms. The van der Waals surface area contributed by atoms with E-state index in [-0.39, 0.29) is 24.3 Å². The van der Waals surface area contributed by atoms with Crippen molar-refractivity contribution in [3.05, 3.63) is 12.1 Å². The molecule has 0 spiro atoms. The van der Waals surface area contributed by atoms with Crippen LogP contribution >= 0.6 is 0 Å². The van der Waals surface area contributed by atoms with Gasteiger partial charge in [-0.25, -0.2) is 0 Å². The Hall–Kier alpha value is -2.48. The monoisotopic (exact) mass is 378 g/mol. The lowest BCUT2D eigenvalue weighted by atomic mass is 10.1. The van der Waals surface area contributed by atoms with Gasteiger partial charge in [0.2, 0.25) is 17.6 Å². The Balaban J connectivity index is 1.70. The first-order valence-electron chi connectivity index (χ1n) is 9.07. The van der Waals surface area contributed by atoms with E-state index >= 15 is 0 Å². The number of anilines is 1. The second-order valence-corrected chi connectivity index (χ2v) is 6.67. The quantitative estimate of drug-likeness (QED) is 0.771. The van der Waals surface area contributed by atoms with E-state index in [1.165, 1.54) is 21.3 Å². The summed E-state index contributed by atoms with van der Waals surface area (Å²) in [6.07, 6.45) is 2.24. The summed E-state index contributed by atoms with van der Waals surface area (Å²) in [5.74, 6) is 0.770. The molecule has 0 aromatic heterocycles. The summed E-state index contributed by atoms with van der Waals surface area (Å²) in [4.78, 5) is 26.6. The van der Waals surface area contributed by atoms with E-state index in [0.29, 0.717) is 36.0 Å². The maximum atomic E-state index is 12.5. The Morgan fingerprint density at radius 1 is 1.22 bits per heavy atom. The molecule has 2 atom stereocenters. The van der Waals surface area contributed by atoms with Gasteiger partial charge < -0.3 is 29.2 Å². The van der Waals surface area contributed by atoms with E-state index in [1.807, 2.05) is 0 Å². The third kappa shape index (κ3) is 4.10. The molecule has 1 aromatic carbocycles. The minimum Gasteiger partial charge on any atom is -0.493 e. The predicted octanol–water partition coefficient (Wildman–Crippen LogP) is 1.36. The topological polar surface area (TPSA) is 86.3 Å². The average molecular weight is 378 g/mol. The van der Waals surface area contributed by atoms with E-state index in [2.05, 4.69) is 5.32 Å². The summed E-state index contributed by atoms with van der Waals surface area (Å²) in [6, 6.07) is 3.43. The van der Waals surface area contributed by atoms with Crippen LogP contribution in [0.4, 0.5) is 5.69 Å². The SMILES string of the molecule is COc1cc(N2CC(C(=O)NCC3CCCO3)CC2=O)cc(OC)c1OC. The third-order valence-corrected chi connectivity index (χ3v) is 4.98. The summed E-state index contributed by atoms with van der Waals surface area (Å²) in [5.41, 5.74) is 0.615. The molecular weight excluding hydrogens is 352 g/mol. The summed E-state index contributed by atoms with van der Waals surface area (Å²) in [6.45, 7) is 1.56. The van der Waals surface area contributed by atoms with Crippen LogP contribution in [0.25, 0.3) is 0 Å². The first-order chi connectivity index (χ1) is 13.1. The molecule has 148 valence electrons. The van der Waals surface area contributed by atoms with Crippen molar-refractivity contribution in [1.82, 2.24) is 5.32 Å². The Morgan fingerprint density at radius 2 is 1.93 bits per heavy atom. The van der Waals surface area contributed by atoms with Crippen LogP contribution < -0.4 is 24.4 Å². The fraction of sp³-hybridized carbons (Fsp3) is 0.579. The predicted molar refractivity (Wildman–Crippen MR) is 98.5 cm³/mol. The molecule has 2 saturated heterocycles. The van der Waals surface area contributed by atoms with Crippen LogP contribution in [0.1, 0.15) is 19.3 Å². The van der Waals surface area contributed by atoms with Crippen molar-refractivity contribution in [1.29, 1.82) is 0 Å². The average Bonchev–Trinajstić information content (AvgIpc) is 3.34. The number of amides is 2. The largest absolute Gasteiger partial charge is 0.493 e. The number of carbonyl (C=O) groups is 2. The lowest BCUT2D eigenvalue weighted by Gasteiger charge is -2.20. The van der Waals surface area contributed by atoms with Crippen LogP contribution in [0.2, 0.25) is 0 Å². The molecule has 8 nitrogen and oxygen atoms in total. The van der Waals surface area contributed by atoms with Crippen LogP contribution in [0.15, 0.2) is 12.1 Å². The minimum atomic E-state index is -0.391. The molecular formula is C19H26N2O6. The lowest BCUT2D eigenvalue weighted by Crippen LogP contribution is -2.37. The lowest BCUT2D eigenvalue weighted by molar-refractivity contribution is -0.126. The molecule has 2 amide bonds. The third-order valence-electron chi connectivity index (χ3n) is 4.98. The van der Waals surface area contributed by atoms with Gasteiger partial charge in [0.15, 0.2) is 11.5 Å². The van der Waals surface area contributed by atoms with Crippen molar-refractivity contribution >= 4 is 17.5 Å². The van der Waals surface area contributed by atoms with E-state index in [4.69, 9.17) is 18.9 Å². The summed E-state index contributed by atoms with van der Waals surface area (Å²) >= 11 is 0. The fourth-order valence-electron chi connectivity index (χ4n) is 3.52. The second-order valence-electron chi connectivity index (χ2n) is 6.67. The molecule has 3 rings (SSSR count). The van der Waals surface area contributed by atoms with Crippen molar-refractivity contribution < 1.29 is 28.5 Å². The highest BCUT2D eigenvalue weighted by Gasteiger charge is 2.36. The van der Waals surface area contributed by atoms with E-state index in [1.54, 1.807) is 17.0 Å². The highest BCUT2D eigenvalue weighted by molar-refractivity contribution is 6.00. The van der Waals surface area contributed by atoms with Gasteiger partial charge in [-0.3, -0.25) is 9.59 Å². The van der Waals surface area contributed by atoms with Gasteiger partial charge in [-0.15, -0.1) is 0 Å². The molecule has 2 unspecified atom stereocenters. The first kappa shape index (κ1) is 19.3. The maximum absolute atomic E-state index is 12.5. The van der Waals surface area contributed by atoms with Gasteiger partial charge in [0, 0.05) is 38.2 Å². The fourth-order valence-corrected chi connectivity index (χ4v) is 3.52. The zero-order chi connectivity index (χ0) is 19.4. The van der Waals surface area contributed by atoms with Gasteiger partial charge in [-0.05, 0) is 12.8 Å². The molecule has 0 bridgehead atoms. The summed E-state index contributed by atoms with van der Waals surface area (Å²) < 4.78 is 21.5. The smallest absolute Gasteiger partial charge is 0.227 e. The number of hydrogen-bond acceptors (Lipinski definition) is 6. The summed E-state index contributed by atoms with van der Waals surface area (Å²) in [5, 5.41) is 2.91. The van der Waals surface area contributed by atoms with Crippen LogP contribution in [-0.4, -0.2) is 58.9 Å². The molecule has 0 radical (unpaired) electrons. The second kappa shape index (κ2) is 8.47. The van der Waals surface area contributed by atoms with Gasteiger partial charge in [0.25, 0.3) is 0 Å². The van der Waals surface area contributed by atoms with Gasteiger partial charge in [0.1, 0.15) is 0 Å². The Labute approximate surface area is 158 Å². The molecule has 2 aliphatic heterocycles. The van der Waals surface area contributed by atoms with Crippen molar-refractivity contribution in [2.24, 2.45) is 5.92 Å². The molecule has 1 aromatic rings. The molecule has 27 heavy (non-hydrogen) atoms. The first-order valence-corrected chi connectivity index (χ1v) is 9.07. The standard InChI is InChI=1S/C19H26N2O6/c1-24-15-8-13(9-16(25-2)18(15)26-3)21-11-12(7-17(21)22)19(23)20-10-14-5-4-6-27-14/h8-9,12,14H,4-7,10-11H2,1-3H3,(H,20,23). The van der Waals surface area contributed by atoms with E-state index in [0.717, 1.165) is 19.4 Å². The minimum absolute atomic E-state index is 0.0808. The number of benzene rings is 1. The van der Waals surface area contributed by atoms with Crippen molar-refractivity contribution in [2.75, 3.05) is 45.9 Å². The molecule has 0 saturated carbocycles. The van der Waals surface area contributed by atoms with Gasteiger partial charge in [-0.2, -0.15) is 0 Å². The van der Waals surface area contributed by atoms with E-state index < -0.39 is 5.92 Å². The van der Waals surface area contributed by atoms with Crippen LogP contribution in [0, 0.1) is 5.92 Å². The number of carbonyl (C=O) groups excluding carboxylic acids is 2. The van der Waals surface area contributed by atoms with Gasteiger partial charge >= 0.3 is 0 Å². The van der Waals surface area contributed by atoms with Gasteiger partial charge in [-0.1, -0.05) is 0 Å². The zero-order valence-corrected chi connectivity index (χ0v) is 15.9. The van der Waals surface area contributed by atoms with Crippen LogP contribution in [0.3, 0.4) is 0 Å². The van der Waals surface area contributed by atoms with Gasteiger partial charge in [0.05, 0.1) is 39.0 Å². The number of methoxy groups -OCH3 is 3. The Morgan fingerprint density at radius 3 is 2.48 bits per heavy atom. The van der Waals surface area contributed by atoms with Crippen LogP contribution in [0.5, 0.6) is 17.2 Å². The number of nitrogens with zero attached hydrogens (tertiary/aromatic N) is 1. The summed E-state index contributed by atoms with van der Waals surface area (Å²) in [7, 11) is 4.57. The molecule has 1 N–H and O–H groups in total. The highest BCUT2D eigenvalue weighted by Crippen LogP contribution is 2.42. The normalized spacial score (nSPS) is 22.0. The van der Waals surface area contributed by atoms with Crippen molar-refractivity contribution in [3.63, 3.8) is 0 Å². The number of rotatable bonds is 7. The molecule has 2 aliphatic rings. The molecule has 2 heterocycles. The molecule has 0 aliphatic carbocycles. The van der Waals surface area contributed by atoms with Crippen LogP contribution in [-0.2, 0) is 14.3 Å². The number of hydrogen-bond donors (Lipinski definition) is 1. The molecule has 2 fully saturated rings. The Bertz CT molecular complexity index is 676.